The van der Waals surface area contributed by atoms with Gasteiger partial charge in [-0.1, -0.05) is 23.8 Å². The molecule has 3 aromatic rings. The van der Waals surface area contributed by atoms with Gasteiger partial charge in [0, 0.05) is 31.1 Å². The fourth-order valence-electron chi connectivity index (χ4n) is 2.37. The molecule has 21 heavy (non-hydrogen) atoms. The molecule has 0 amide bonds. The van der Waals surface area contributed by atoms with Crippen molar-refractivity contribution >= 4 is 0 Å². The number of aromatic nitrogens is 3. The summed E-state index contributed by atoms with van der Waals surface area (Å²) in [4.78, 5) is 16.4. The van der Waals surface area contributed by atoms with E-state index in [1.54, 1.807) is 23.9 Å². The average molecular weight is 279 g/mol. The minimum atomic E-state index is -0.0299. The third-order valence-corrected chi connectivity index (χ3v) is 3.56. The molecule has 0 aliphatic heterocycles. The van der Waals surface area contributed by atoms with Crippen molar-refractivity contribution < 1.29 is 0 Å². The molecule has 0 aliphatic carbocycles. The molecule has 0 radical (unpaired) electrons. The molecule has 3 rings (SSSR count). The number of pyridine rings is 1. The fourth-order valence-corrected chi connectivity index (χ4v) is 2.37. The highest BCUT2D eigenvalue weighted by Crippen LogP contribution is 2.21. The average Bonchev–Trinajstić information content (AvgIpc) is 2.84. The summed E-state index contributed by atoms with van der Waals surface area (Å²) in [5.41, 5.74) is 4.01. The Balaban J connectivity index is 2.09. The van der Waals surface area contributed by atoms with Gasteiger partial charge in [-0.2, -0.15) is 0 Å². The Morgan fingerprint density at radius 1 is 1.10 bits per heavy atom. The van der Waals surface area contributed by atoms with Gasteiger partial charge < -0.3 is 9.13 Å². The van der Waals surface area contributed by atoms with Gasteiger partial charge in [-0.25, -0.2) is 4.98 Å². The van der Waals surface area contributed by atoms with Crippen molar-refractivity contribution in [2.75, 3.05) is 0 Å². The number of aryl methyl sites for hydroxylation is 3. The Morgan fingerprint density at radius 3 is 2.62 bits per heavy atom. The lowest BCUT2D eigenvalue weighted by atomic mass is 10.1. The highest BCUT2D eigenvalue weighted by Gasteiger charge is 2.08. The summed E-state index contributed by atoms with van der Waals surface area (Å²) >= 11 is 0. The maximum absolute atomic E-state index is 11.8. The molecule has 4 nitrogen and oxygen atoms in total. The first kappa shape index (κ1) is 13.4. The van der Waals surface area contributed by atoms with Crippen LogP contribution in [0.1, 0.15) is 11.4 Å². The molecular weight excluding hydrogens is 262 g/mol. The van der Waals surface area contributed by atoms with Crippen molar-refractivity contribution in [3.63, 3.8) is 0 Å². The van der Waals surface area contributed by atoms with Crippen LogP contribution in [-0.2, 0) is 7.05 Å². The Bertz CT molecular complexity index is 858. The van der Waals surface area contributed by atoms with Crippen LogP contribution in [-0.4, -0.2) is 14.1 Å². The standard InChI is InChI=1S/C17H17N3O/c1-12-5-4-6-14(9-12)16-11-20(13(2)18-16)15-7-8-19(3)17(21)10-15/h4-11H,1-3H3. The number of rotatable bonds is 2. The Labute approximate surface area is 123 Å². The van der Waals surface area contributed by atoms with E-state index in [1.807, 2.05) is 35.9 Å². The van der Waals surface area contributed by atoms with E-state index in [1.165, 1.54) is 5.56 Å². The quantitative estimate of drug-likeness (QED) is 0.723. The summed E-state index contributed by atoms with van der Waals surface area (Å²) in [6, 6.07) is 11.8. The second-order valence-electron chi connectivity index (χ2n) is 5.25. The van der Waals surface area contributed by atoms with Gasteiger partial charge >= 0.3 is 0 Å². The van der Waals surface area contributed by atoms with E-state index in [9.17, 15) is 4.79 Å². The first-order valence-electron chi connectivity index (χ1n) is 6.85. The molecule has 0 saturated heterocycles. The molecule has 0 aliphatic rings. The zero-order valence-corrected chi connectivity index (χ0v) is 12.4. The van der Waals surface area contributed by atoms with Crippen molar-refractivity contribution in [2.24, 2.45) is 7.05 Å². The van der Waals surface area contributed by atoms with Crippen molar-refractivity contribution in [2.45, 2.75) is 13.8 Å². The van der Waals surface area contributed by atoms with Crippen molar-refractivity contribution in [3.05, 3.63) is 70.5 Å². The SMILES string of the molecule is Cc1cccc(-c2cn(-c3ccn(C)c(=O)c3)c(C)n2)c1. The van der Waals surface area contributed by atoms with Gasteiger partial charge in [0.15, 0.2) is 0 Å². The molecule has 0 unspecified atom stereocenters. The molecule has 0 spiro atoms. The number of nitrogens with zero attached hydrogens (tertiary/aromatic N) is 3. The van der Waals surface area contributed by atoms with Crippen molar-refractivity contribution in [3.8, 4) is 16.9 Å². The number of hydrogen-bond donors (Lipinski definition) is 0. The minimum Gasteiger partial charge on any atom is -0.318 e. The van der Waals surface area contributed by atoms with Crippen LogP contribution < -0.4 is 5.56 Å². The van der Waals surface area contributed by atoms with E-state index in [2.05, 4.69) is 24.0 Å². The summed E-state index contributed by atoms with van der Waals surface area (Å²) < 4.78 is 3.50. The first-order chi connectivity index (χ1) is 10.0. The predicted octanol–water partition coefficient (Wildman–Crippen LogP) is 2.85. The normalized spacial score (nSPS) is 10.8. The molecule has 2 heterocycles. The summed E-state index contributed by atoms with van der Waals surface area (Å²) in [5.74, 6) is 0.861. The lowest BCUT2D eigenvalue weighted by Crippen LogP contribution is -2.15. The molecule has 106 valence electrons. The van der Waals surface area contributed by atoms with E-state index < -0.39 is 0 Å². The lowest BCUT2D eigenvalue weighted by molar-refractivity contribution is 0.847. The number of hydrogen-bond acceptors (Lipinski definition) is 2. The van der Waals surface area contributed by atoms with Gasteiger partial charge in [-0.15, -0.1) is 0 Å². The molecule has 1 aromatic carbocycles. The highest BCUT2D eigenvalue weighted by molar-refractivity contribution is 5.60. The molecular formula is C17H17N3O. The largest absolute Gasteiger partial charge is 0.318 e. The van der Waals surface area contributed by atoms with Crippen LogP contribution in [0, 0.1) is 13.8 Å². The number of imidazole rings is 1. The Hall–Kier alpha value is -2.62. The third-order valence-electron chi connectivity index (χ3n) is 3.56. The van der Waals surface area contributed by atoms with Gasteiger partial charge in [0.2, 0.25) is 0 Å². The molecule has 0 N–H and O–H groups in total. The maximum atomic E-state index is 11.8. The molecule has 2 aromatic heterocycles. The minimum absolute atomic E-state index is 0.0299. The van der Waals surface area contributed by atoms with Gasteiger partial charge in [0.05, 0.1) is 11.4 Å². The number of benzene rings is 1. The lowest BCUT2D eigenvalue weighted by Gasteiger charge is -2.05. The Morgan fingerprint density at radius 2 is 1.90 bits per heavy atom. The van der Waals surface area contributed by atoms with Crippen molar-refractivity contribution in [1.29, 1.82) is 0 Å². The summed E-state index contributed by atoms with van der Waals surface area (Å²) in [5, 5.41) is 0. The van der Waals surface area contributed by atoms with Gasteiger partial charge in [-0.05, 0) is 26.0 Å². The second-order valence-corrected chi connectivity index (χ2v) is 5.25. The van der Waals surface area contributed by atoms with Crippen LogP contribution in [0.4, 0.5) is 0 Å². The smallest absolute Gasteiger partial charge is 0.252 e. The zero-order valence-electron chi connectivity index (χ0n) is 12.4. The van der Waals surface area contributed by atoms with Crippen LogP contribution in [0.2, 0.25) is 0 Å². The fraction of sp³-hybridized carbons (Fsp3) is 0.176. The zero-order chi connectivity index (χ0) is 15.0. The highest BCUT2D eigenvalue weighted by atomic mass is 16.1. The van der Waals surface area contributed by atoms with Crippen LogP contribution in [0.5, 0.6) is 0 Å². The first-order valence-corrected chi connectivity index (χ1v) is 6.85. The van der Waals surface area contributed by atoms with E-state index >= 15 is 0 Å². The summed E-state index contributed by atoms with van der Waals surface area (Å²) in [7, 11) is 1.74. The molecule has 0 fully saturated rings. The molecule has 0 saturated carbocycles. The van der Waals surface area contributed by atoms with Crippen LogP contribution in [0.3, 0.4) is 0 Å². The summed E-state index contributed by atoms with van der Waals surface area (Å²) in [6.45, 7) is 4.00. The summed E-state index contributed by atoms with van der Waals surface area (Å²) in [6.07, 6.45) is 3.74. The van der Waals surface area contributed by atoms with Crippen LogP contribution in [0.15, 0.2) is 53.6 Å². The molecule has 0 bridgehead atoms. The second kappa shape index (κ2) is 5.05. The van der Waals surface area contributed by atoms with Gasteiger partial charge in [-0.3, -0.25) is 4.79 Å². The van der Waals surface area contributed by atoms with Crippen LogP contribution >= 0.6 is 0 Å². The maximum Gasteiger partial charge on any atom is 0.252 e. The molecule has 4 heteroatoms. The van der Waals surface area contributed by atoms with Gasteiger partial charge in [0.1, 0.15) is 5.82 Å². The monoisotopic (exact) mass is 279 g/mol. The van der Waals surface area contributed by atoms with E-state index in [0.717, 1.165) is 22.8 Å². The Kier molecular flexibility index (Phi) is 3.22. The topological polar surface area (TPSA) is 39.8 Å². The third kappa shape index (κ3) is 2.52. The van der Waals surface area contributed by atoms with Crippen molar-refractivity contribution in [1.82, 2.24) is 14.1 Å². The predicted molar refractivity (Wildman–Crippen MR) is 83.7 cm³/mol. The molecule has 0 atom stereocenters. The van der Waals surface area contributed by atoms with E-state index in [4.69, 9.17) is 0 Å². The van der Waals surface area contributed by atoms with E-state index in [0.29, 0.717) is 0 Å². The van der Waals surface area contributed by atoms with Crippen LogP contribution in [0.25, 0.3) is 16.9 Å². The van der Waals surface area contributed by atoms with Gasteiger partial charge in [0.25, 0.3) is 5.56 Å². The van der Waals surface area contributed by atoms with E-state index in [-0.39, 0.29) is 5.56 Å².